The summed E-state index contributed by atoms with van der Waals surface area (Å²) >= 11 is 0. The summed E-state index contributed by atoms with van der Waals surface area (Å²) in [5.74, 6) is 2.37. The zero-order valence-corrected chi connectivity index (χ0v) is 12.0. The molecule has 0 radical (unpaired) electrons. The van der Waals surface area contributed by atoms with E-state index >= 15 is 0 Å². The van der Waals surface area contributed by atoms with Crippen molar-refractivity contribution in [2.45, 2.75) is 52.5 Å². The molecule has 0 heterocycles. The SMILES string of the molecule is CCc1ccc(C(N)C2CCC(C)C(C)C2)cc1. The molecular weight excluding hydrogens is 218 g/mol. The van der Waals surface area contributed by atoms with E-state index in [0.29, 0.717) is 5.92 Å². The molecule has 0 amide bonds. The van der Waals surface area contributed by atoms with Gasteiger partial charge in [0.1, 0.15) is 0 Å². The van der Waals surface area contributed by atoms with Crippen molar-refractivity contribution in [3.8, 4) is 0 Å². The molecule has 0 spiro atoms. The maximum Gasteiger partial charge on any atom is 0.0323 e. The largest absolute Gasteiger partial charge is 0.324 e. The van der Waals surface area contributed by atoms with Crippen LogP contribution in [0.4, 0.5) is 0 Å². The summed E-state index contributed by atoms with van der Waals surface area (Å²) in [6.45, 7) is 6.95. The van der Waals surface area contributed by atoms with Crippen LogP contribution in [0.3, 0.4) is 0 Å². The van der Waals surface area contributed by atoms with Crippen molar-refractivity contribution in [2.24, 2.45) is 23.5 Å². The van der Waals surface area contributed by atoms with Gasteiger partial charge in [-0.05, 0) is 48.1 Å². The van der Waals surface area contributed by atoms with Gasteiger partial charge in [-0.25, -0.2) is 0 Å². The minimum absolute atomic E-state index is 0.228. The second-order valence-corrected chi connectivity index (χ2v) is 6.15. The second-order valence-electron chi connectivity index (χ2n) is 6.15. The molecule has 1 heteroatoms. The Morgan fingerprint density at radius 1 is 1.11 bits per heavy atom. The fourth-order valence-corrected chi connectivity index (χ4v) is 3.16. The Bertz CT molecular complexity index is 368. The van der Waals surface area contributed by atoms with Gasteiger partial charge in [-0.1, -0.05) is 51.5 Å². The van der Waals surface area contributed by atoms with E-state index in [9.17, 15) is 0 Å². The third-order valence-electron chi connectivity index (χ3n) is 4.92. The van der Waals surface area contributed by atoms with E-state index in [1.165, 1.54) is 30.4 Å². The topological polar surface area (TPSA) is 26.0 Å². The second kappa shape index (κ2) is 5.88. The summed E-state index contributed by atoms with van der Waals surface area (Å²) in [5, 5.41) is 0. The molecule has 4 atom stereocenters. The number of aryl methyl sites for hydroxylation is 1. The average molecular weight is 245 g/mol. The van der Waals surface area contributed by atoms with Crippen LogP contribution >= 0.6 is 0 Å². The van der Waals surface area contributed by atoms with E-state index in [2.05, 4.69) is 45.0 Å². The predicted octanol–water partition coefficient (Wildman–Crippen LogP) is 4.32. The quantitative estimate of drug-likeness (QED) is 0.843. The van der Waals surface area contributed by atoms with E-state index in [1.807, 2.05) is 0 Å². The predicted molar refractivity (Wildman–Crippen MR) is 78.4 cm³/mol. The number of rotatable bonds is 3. The molecule has 1 aliphatic rings. The van der Waals surface area contributed by atoms with E-state index in [4.69, 9.17) is 5.73 Å². The standard InChI is InChI=1S/C17H27N/c1-4-14-6-9-15(10-7-14)17(18)16-8-5-12(2)13(3)11-16/h6-7,9-10,12-13,16-17H,4-5,8,11,18H2,1-3H3. The van der Waals surface area contributed by atoms with Gasteiger partial charge < -0.3 is 5.73 Å². The van der Waals surface area contributed by atoms with Crippen molar-refractivity contribution < 1.29 is 0 Å². The Hall–Kier alpha value is -0.820. The molecule has 18 heavy (non-hydrogen) atoms. The number of hydrogen-bond acceptors (Lipinski definition) is 1. The van der Waals surface area contributed by atoms with Gasteiger partial charge in [-0.15, -0.1) is 0 Å². The van der Waals surface area contributed by atoms with Gasteiger partial charge in [0.15, 0.2) is 0 Å². The van der Waals surface area contributed by atoms with Gasteiger partial charge in [0, 0.05) is 6.04 Å². The molecule has 2 rings (SSSR count). The molecule has 100 valence electrons. The van der Waals surface area contributed by atoms with E-state index in [-0.39, 0.29) is 6.04 Å². The maximum atomic E-state index is 6.47. The summed E-state index contributed by atoms with van der Waals surface area (Å²) in [4.78, 5) is 0. The van der Waals surface area contributed by atoms with Crippen molar-refractivity contribution in [1.82, 2.24) is 0 Å². The summed E-state index contributed by atoms with van der Waals surface area (Å²) in [6.07, 6.45) is 5.03. The van der Waals surface area contributed by atoms with Crippen molar-refractivity contribution in [3.05, 3.63) is 35.4 Å². The third kappa shape index (κ3) is 2.95. The Morgan fingerprint density at radius 2 is 1.78 bits per heavy atom. The number of benzene rings is 1. The van der Waals surface area contributed by atoms with Crippen molar-refractivity contribution in [1.29, 1.82) is 0 Å². The summed E-state index contributed by atoms with van der Waals surface area (Å²) in [6, 6.07) is 9.14. The highest BCUT2D eigenvalue weighted by Gasteiger charge is 2.28. The van der Waals surface area contributed by atoms with Gasteiger partial charge in [-0.2, -0.15) is 0 Å². The van der Waals surface area contributed by atoms with E-state index < -0.39 is 0 Å². The Balaban J connectivity index is 2.03. The van der Waals surface area contributed by atoms with Crippen molar-refractivity contribution in [3.63, 3.8) is 0 Å². The molecule has 0 aromatic heterocycles. The van der Waals surface area contributed by atoms with Gasteiger partial charge in [0.05, 0.1) is 0 Å². The first-order chi connectivity index (χ1) is 8.61. The lowest BCUT2D eigenvalue weighted by Gasteiger charge is -2.35. The van der Waals surface area contributed by atoms with Gasteiger partial charge in [0.25, 0.3) is 0 Å². The molecule has 0 saturated heterocycles. The molecule has 4 unspecified atom stereocenters. The highest BCUT2D eigenvalue weighted by atomic mass is 14.7. The third-order valence-corrected chi connectivity index (χ3v) is 4.92. The minimum atomic E-state index is 0.228. The van der Waals surface area contributed by atoms with Crippen molar-refractivity contribution in [2.75, 3.05) is 0 Å². The fourth-order valence-electron chi connectivity index (χ4n) is 3.16. The molecule has 1 aliphatic carbocycles. The van der Waals surface area contributed by atoms with Gasteiger partial charge >= 0.3 is 0 Å². The van der Waals surface area contributed by atoms with E-state index in [1.54, 1.807) is 0 Å². The Labute approximate surface area is 112 Å². The molecule has 1 saturated carbocycles. The Morgan fingerprint density at radius 3 is 2.33 bits per heavy atom. The van der Waals surface area contributed by atoms with Gasteiger partial charge in [0.2, 0.25) is 0 Å². The molecule has 1 aromatic rings. The lowest BCUT2D eigenvalue weighted by Crippen LogP contribution is -2.29. The van der Waals surface area contributed by atoms with Crippen LogP contribution in [-0.4, -0.2) is 0 Å². The Kier molecular flexibility index (Phi) is 4.45. The first-order valence-corrected chi connectivity index (χ1v) is 7.46. The number of nitrogens with two attached hydrogens (primary N) is 1. The van der Waals surface area contributed by atoms with E-state index in [0.717, 1.165) is 18.3 Å². The summed E-state index contributed by atoms with van der Waals surface area (Å²) in [5.41, 5.74) is 9.19. The molecule has 1 aromatic carbocycles. The molecule has 1 nitrogen and oxygen atoms in total. The fraction of sp³-hybridized carbons (Fsp3) is 0.647. The summed E-state index contributed by atoms with van der Waals surface area (Å²) in [7, 11) is 0. The molecule has 1 fully saturated rings. The zero-order valence-electron chi connectivity index (χ0n) is 12.0. The lowest BCUT2D eigenvalue weighted by molar-refractivity contribution is 0.186. The smallest absolute Gasteiger partial charge is 0.0323 e. The summed E-state index contributed by atoms with van der Waals surface area (Å²) < 4.78 is 0. The zero-order chi connectivity index (χ0) is 13.1. The lowest BCUT2D eigenvalue weighted by atomic mass is 9.72. The maximum absolute atomic E-state index is 6.47. The first kappa shape index (κ1) is 13.6. The molecule has 2 N–H and O–H groups in total. The van der Waals surface area contributed by atoms with Crippen LogP contribution in [0.25, 0.3) is 0 Å². The average Bonchev–Trinajstić information content (AvgIpc) is 2.41. The molecule has 0 bridgehead atoms. The molecular formula is C17H27N. The van der Waals surface area contributed by atoms with Crippen molar-refractivity contribution >= 4 is 0 Å². The highest BCUT2D eigenvalue weighted by molar-refractivity contribution is 5.25. The molecule has 0 aliphatic heterocycles. The van der Waals surface area contributed by atoms with Crippen LogP contribution in [-0.2, 0) is 6.42 Å². The van der Waals surface area contributed by atoms with Crippen LogP contribution in [0, 0.1) is 17.8 Å². The highest BCUT2D eigenvalue weighted by Crippen LogP contribution is 2.38. The van der Waals surface area contributed by atoms with Gasteiger partial charge in [-0.3, -0.25) is 0 Å². The van der Waals surface area contributed by atoms with Crippen LogP contribution in [0.5, 0.6) is 0 Å². The van der Waals surface area contributed by atoms with Crippen LogP contribution < -0.4 is 5.73 Å². The normalized spacial score (nSPS) is 30.1. The van der Waals surface area contributed by atoms with Crippen LogP contribution in [0.2, 0.25) is 0 Å². The monoisotopic (exact) mass is 245 g/mol. The van der Waals surface area contributed by atoms with Crippen LogP contribution in [0.1, 0.15) is 57.2 Å². The van der Waals surface area contributed by atoms with Crippen LogP contribution in [0.15, 0.2) is 24.3 Å². The first-order valence-electron chi connectivity index (χ1n) is 7.46. The number of hydrogen-bond donors (Lipinski definition) is 1. The minimum Gasteiger partial charge on any atom is -0.324 e.